The number of carbonyl (C=O) groups is 1. The fraction of sp³-hybridized carbons (Fsp3) is 0.556. The smallest absolute Gasteiger partial charge is 0.270 e. The maximum Gasteiger partial charge on any atom is 0.270 e. The van der Waals surface area contributed by atoms with Crippen molar-refractivity contribution in [2.24, 2.45) is 5.16 Å². The lowest BCUT2D eigenvalue weighted by Gasteiger charge is -2.35. The van der Waals surface area contributed by atoms with Crippen LogP contribution in [0, 0.1) is 0 Å². The molecular formula is C18H27N3O2. The molecule has 5 nitrogen and oxygen atoms in total. The van der Waals surface area contributed by atoms with Gasteiger partial charge < -0.3 is 15.4 Å². The standard InChI is InChI=1S/C18H27N3O2/c1-3-9-21(10-4-2)17-8-6-14-11-16(7-5-15(14)12-17)20-18(22)13-19-23/h5,7,11,13,17,23H,3-4,6,8-10,12H2,1-2H3,(H,20,22). The fourth-order valence-electron chi connectivity index (χ4n) is 3.40. The molecule has 1 amide bonds. The summed E-state index contributed by atoms with van der Waals surface area (Å²) in [7, 11) is 0. The monoisotopic (exact) mass is 317 g/mol. The lowest BCUT2D eigenvalue weighted by Crippen LogP contribution is -2.40. The topological polar surface area (TPSA) is 64.9 Å². The normalized spacial score (nSPS) is 17.4. The number of hydrogen-bond acceptors (Lipinski definition) is 4. The molecule has 0 radical (unpaired) electrons. The molecule has 0 bridgehead atoms. The highest BCUT2D eigenvalue weighted by Crippen LogP contribution is 2.27. The summed E-state index contributed by atoms with van der Waals surface area (Å²) < 4.78 is 0. The second-order valence-corrected chi connectivity index (χ2v) is 6.15. The predicted molar refractivity (Wildman–Crippen MR) is 93.3 cm³/mol. The third-order valence-electron chi connectivity index (χ3n) is 4.39. The van der Waals surface area contributed by atoms with Gasteiger partial charge >= 0.3 is 0 Å². The van der Waals surface area contributed by atoms with Gasteiger partial charge in [-0.25, -0.2) is 0 Å². The highest BCUT2D eigenvalue weighted by atomic mass is 16.4. The largest absolute Gasteiger partial charge is 0.411 e. The van der Waals surface area contributed by atoms with Crippen LogP contribution in [-0.4, -0.2) is 41.4 Å². The van der Waals surface area contributed by atoms with Crippen LogP contribution in [0.25, 0.3) is 0 Å². The van der Waals surface area contributed by atoms with Crippen molar-refractivity contribution >= 4 is 17.8 Å². The summed E-state index contributed by atoms with van der Waals surface area (Å²) in [5.41, 5.74) is 3.45. The SMILES string of the molecule is CCCN(CCC)C1CCc2cc(NC(=O)C=NO)ccc2C1. The van der Waals surface area contributed by atoms with Crippen molar-refractivity contribution in [2.45, 2.75) is 52.0 Å². The average molecular weight is 317 g/mol. The molecule has 1 aliphatic carbocycles. The number of fused-ring (bicyclic) bond motifs is 1. The van der Waals surface area contributed by atoms with Gasteiger partial charge in [0.05, 0.1) is 0 Å². The first kappa shape index (κ1) is 17.5. The molecular weight excluding hydrogens is 290 g/mol. The molecule has 1 aromatic carbocycles. The number of amides is 1. The molecule has 1 aromatic rings. The summed E-state index contributed by atoms with van der Waals surface area (Å²) in [5.74, 6) is -0.418. The third kappa shape index (κ3) is 4.79. The first-order valence-electron chi connectivity index (χ1n) is 8.52. The molecule has 0 fully saturated rings. The molecule has 2 N–H and O–H groups in total. The van der Waals surface area contributed by atoms with Gasteiger partial charge in [0.2, 0.25) is 0 Å². The summed E-state index contributed by atoms with van der Waals surface area (Å²) in [6, 6.07) is 6.71. The van der Waals surface area contributed by atoms with Crippen molar-refractivity contribution in [1.29, 1.82) is 0 Å². The van der Waals surface area contributed by atoms with Crippen LogP contribution in [0.5, 0.6) is 0 Å². The van der Waals surface area contributed by atoms with Crippen LogP contribution < -0.4 is 5.32 Å². The first-order valence-corrected chi connectivity index (χ1v) is 8.52. The van der Waals surface area contributed by atoms with Crippen molar-refractivity contribution in [3.63, 3.8) is 0 Å². The lowest BCUT2D eigenvalue weighted by molar-refractivity contribution is -0.110. The highest BCUT2D eigenvalue weighted by molar-refractivity contribution is 6.31. The van der Waals surface area contributed by atoms with Gasteiger partial charge in [-0.15, -0.1) is 0 Å². The lowest BCUT2D eigenvalue weighted by atomic mass is 9.87. The summed E-state index contributed by atoms with van der Waals surface area (Å²) in [5, 5.41) is 13.8. The molecule has 1 atom stereocenters. The van der Waals surface area contributed by atoms with Crippen LogP contribution in [0.2, 0.25) is 0 Å². The second-order valence-electron chi connectivity index (χ2n) is 6.15. The fourth-order valence-corrected chi connectivity index (χ4v) is 3.40. The molecule has 0 saturated carbocycles. The molecule has 5 heteroatoms. The Hall–Kier alpha value is -1.88. The zero-order valence-corrected chi connectivity index (χ0v) is 14.1. The zero-order valence-electron chi connectivity index (χ0n) is 14.1. The molecule has 0 spiro atoms. The number of nitrogens with one attached hydrogen (secondary N) is 1. The number of rotatable bonds is 7. The Balaban J connectivity index is 2.05. The average Bonchev–Trinajstić information content (AvgIpc) is 2.54. The van der Waals surface area contributed by atoms with E-state index in [9.17, 15) is 4.79 Å². The van der Waals surface area contributed by atoms with Gasteiger partial charge in [-0.3, -0.25) is 4.79 Å². The Labute approximate surface area is 138 Å². The van der Waals surface area contributed by atoms with Gasteiger partial charge in [-0.2, -0.15) is 0 Å². The number of benzene rings is 1. The minimum atomic E-state index is -0.418. The zero-order chi connectivity index (χ0) is 16.7. The van der Waals surface area contributed by atoms with Crippen molar-refractivity contribution in [1.82, 2.24) is 4.90 Å². The number of oxime groups is 1. The summed E-state index contributed by atoms with van der Waals surface area (Å²) in [6.45, 7) is 6.82. The molecule has 0 saturated heterocycles. The molecule has 2 rings (SSSR count). The van der Waals surface area contributed by atoms with E-state index in [0.717, 1.165) is 24.7 Å². The van der Waals surface area contributed by atoms with Gasteiger partial charge in [0.15, 0.2) is 0 Å². The molecule has 0 heterocycles. The molecule has 1 aliphatic rings. The van der Waals surface area contributed by atoms with Gasteiger partial charge in [0, 0.05) is 11.7 Å². The number of nitrogens with zero attached hydrogens (tertiary/aromatic N) is 2. The summed E-state index contributed by atoms with van der Waals surface area (Å²) in [4.78, 5) is 14.1. The Kier molecular flexibility index (Phi) is 6.59. The van der Waals surface area contributed by atoms with Gasteiger partial charge in [-0.1, -0.05) is 25.1 Å². The Morgan fingerprint density at radius 2 is 2.09 bits per heavy atom. The van der Waals surface area contributed by atoms with Gasteiger partial charge in [0.1, 0.15) is 6.21 Å². The Morgan fingerprint density at radius 3 is 2.74 bits per heavy atom. The number of hydrogen-bond donors (Lipinski definition) is 2. The molecule has 0 aliphatic heterocycles. The first-order chi connectivity index (χ1) is 11.2. The van der Waals surface area contributed by atoms with E-state index in [0.29, 0.717) is 6.04 Å². The van der Waals surface area contributed by atoms with E-state index in [2.05, 4.69) is 35.3 Å². The van der Waals surface area contributed by atoms with E-state index >= 15 is 0 Å². The van der Waals surface area contributed by atoms with Gasteiger partial charge in [0.25, 0.3) is 5.91 Å². The van der Waals surface area contributed by atoms with E-state index in [1.165, 1.54) is 43.5 Å². The van der Waals surface area contributed by atoms with Gasteiger partial charge in [-0.05, 0) is 68.5 Å². The predicted octanol–water partition coefficient (Wildman–Crippen LogP) is 3.06. The van der Waals surface area contributed by atoms with Crippen molar-refractivity contribution < 1.29 is 10.0 Å². The van der Waals surface area contributed by atoms with Crippen molar-refractivity contribution in [2.75, 3.05) is 18.4 Å². The van der Waals surface area contributed by atoms with E-state index < -0.39 is 5.91 Å². The van der Waals surface area contributed by atoms with Crippen molar-refractivity contribution in [3.8, 4) is 0 Å². The second kappa shape index (κ2) is 8.67. The molecule has 23 heavy (non-hydrogen) atoms. The number of anilines is 1. The van der Waals surface area contributed by atoms with E-state index in [1.54, 1.807) is 0 Å². The van der Waals surface area contributed by atoms with Crippen LogP contribution in [0.4, 0.5) is 5.69 Å². The maximum absolute atomic E-state index is 11.4. The Bertz CT molecular complexity index is 551. The Morgan fingerprint density at radius 1 is 1.35 bits per heavy atom. The number of carbonyl (C=O) groups excluding carboxylic acids is 1. The van der Waals surface area contributed by atoms with Crippen LogP contribution in [0.3, 0.4) is 0 Å². The number of aryl methyl sites for hydroxylation is 1. The third-order valence-corrected chi connectivity index (χ3v) is 4.39. The maximum atomic E-state index is 11.4. The van der Waals surface area contributed by atoms with Crippen molar-refractivity contribution in [3.05, 3.63) is 29.3 Å². The van der Waals surface area contributed by atoms with Crippen LogP contribution >= 0.6 is 0 Å². The van der Waals surface area contributed by atoms with E-state index in [4.69, 9.17) is 5.21 Å². The van der Waals surface area contributed by atoms with Crippen LogP contribution in [0.1, 0.15) is 44.2 Å². The van der Waals surface area contributed by atoms with Crippen LogP contribution in [0.15, 0.2) is 23.4 Å². The van der Waals surface area contributed by atoms with E-state index in [-0.39, 0.29) is 0 Å². The molecule has 0 aromatic heterocycles. The summed E-state index contributed by atoms with van der Waals surface area (Å²) >= 11 is 0. The molecule has 126 valence electrons. The highest BCUT2D eigenvalue weighted by Gasteiger charge is 2.23. The van der Waals surface area contributed by atoms with Crippen LogP contribution in [-0.2, 0) is 17.6 Å². The quantitative estimate of drug-likeness (QED) is 0.461. The summed E-state index contributed by atoms with van der Waals surface area (Å²) in [6.07, 6.45) is 6.55. The molecule has 1 unspecified atom stereocenters. The minimum Gasteiger partial charge on any atom is -0.411 e. The minimum absolute atomic E-state index is 0.418. The van der Waals surface area contributed by atoms with E-state index in [1.807, 2.05) is 12.1 Å².